The summed E-state index contributed by atoms with van der Waals surface area (Å²) in [6.45, 7) is 2.43. The van der Waals surface area contributed by atoms with Crippen LogP contribution in [0.1, 0.15) is 21.5 Å². The second kappa shape index (κ2) is 6.06. The van der Waals surface area contributed by atoms with E-state index in [-0.39, 0.29) is 5.56 Å². The van der Waals surface area contributed by atoms with Crippen LogP contribution in [0.2, 0.25) is 0 Å². The number of hydrogen-bond donors (Lipinski definition) is 1. The highest BCUT2D eigenvalue weighted by Crippen LogP contribution is 2.32. The molecule has 1 N–H and O–H groups in total. The van der Waals surface area contributed by atoms with Crippen LogP contribution in [0.3, 0.4) is 0 Å². The number of halogens is 3. The topological polar surface area (TPSA) is 32.3 Å². The summed E-state index contributed by atoms with van der Waals surface area (Å²) in [5.74, 6) is -0.700. The number of nitrogens with one attached hydrogen (secondary N) is 1. The van der Waals surface area contributed by atoms with Crippen molar-refractivity contribution < 1.29 is 18.0 Å². The number of amides is 1. The van der Waals surface area contributed by atoms with Crippen LogP contribution < -0.4 is 5.32 Å². The zero-order chi connectivity index (χ0) is 14.6. The summed E-state index contributed by atoms with van der Waals surface area (Å²) in [6, 6.07) is 3.69. The molecule has 6 heteroatoms. The first-order chi connectivity index (χ1) is 8.71. The quantitative estimate of drug-likeness (QED) is 0.913. The van der Waals surface area contributed by atoms with Gasteiger partial charge in [-0.2, -0.15) is 13.2 Å². The van der Waals surface area contributed by atoms with Crippen molar-refractivity contribution >= 4 is 5.91 Å². The molecule has 0 radical (unpaired) electrons. The Morgan fingerprint density at radius 2 is 1.95 bits per heavy atom. The Labute approximate surface area is 110 Å². The highest BCUT2D eigenvalue weighted by molar-refractivity contribution is 5.96. The maximum atomic E-state index is 12.9. The zero-order valence-electron chi connectivity index (χ0n) is 11.1. The molecule has 0 bridgehead atoms. The fourth-order valence-electron chi connectivity index (χ4n) is 1.58. The molecule has 0 aliphatic heterocycles. The highest BCUT2D eigenvalue weighted by atomic mass is 19.4. The first-order valence-corrected chi connectivity index (χ1v) is 5.82. The van der Waals surface area contributed by atoms with Gasteiger partial charge in [0, 0.05) is 13.1 Å². The first-order valence-electron chi connectivity index (χ1n) is 5.82. The van der Waals surface area contributed by atoms with Crippen LogP contribution in [0.5, 0.6) is 0 Å². The van der Waals surface area contributed by atoms with Crippen molar-refractivity contribution in [1.82, 2.24) is 10.2 Å². The molecular formula is C13H17F3N2O. The minimum atomic E-state index is -4.53. The number of likely N-dealkylation sites (N-methyl/N-ethyl adjacent to an activating group) is 1. The van der Waals surface area contributed by atoms with E-state index in [1.807, 2.05) is 19.0 Å². The van der Waals surface area contributed by atoms with E-state index in [1.165, 1.54) is 12.1 Å². The van der Waals surface area contributed by atoms with Gasteiger partial charge in [-0.1, -0.05) is 11.6 Å². The summed E-state index contributed by atoms with van der Waals surface area (Å²) < 4.78 is 38.6. The van der Waals surface area contributed by atoms with E-state index in [4.69, 9.17) is 0 Å². The molecule has 0 aromatic heterocycles. The minimum Gasteiger partial charge on any atom is -0.351 e. The molecule has 0 fully saturated rings. The second-order valence-electron chi connectivity index (χ2n) is 4.61. The van der Waals surface area contributed by atoms with Gasteiger partial charge in [0.1, 0.15) is 0 Å². The lowest BCUT2D eigenvalue weighted by atomic mass is 10.0. The largest absolute Gasteiger partial charge is 0.417 e. The number of benzene rings is 1. The molecule has 1 rings (SSSR count). The molecule has 0 aliphatic carbocycles. The van der Waals surface area contributed by atoms with Gasteiger partial charge in [-0.3, -0.25) is 4.79 Å². The molecule has 1 aromatic carbocycles. The lowest BCUT2D eigenvalue weighted by Crippen LogP contribution is -2.32. The van der Waals surface area contributed by atoms with Crippen molar-refractivity contribution in [3.63, 3.8) is 0 Å². The first kappa shape index (κ1) is 15.5. The van der Waals surface area contributed by atoms with Crippen LogP contribution in [-0.4, -0.2) is 38.0 Å². The van der Waals surface area contributed by atoms with Crippen LogP contribution in [-0.2, 0) is 6.18 Å². The molecule has 0 heterocycles. The third-order valence-corrected chi connectivity index (χ3v) is 2.57. The van der Waals surface area contributed by atoms with Gasteiger partial charge < -0.3 is 10.2 Å². The molecule has 1 aromatic rings. The van der Waals surface area contributed by atoms with Gasteiger partial charge in [-0.05, 0) is 33.2 Å². The molecule has 0 atom stereocenters. The van der Waals surface area contributed by atoms with Crippen LogP contribution >= 0.6 is 0 Å². The lowest BCUT2D eigenvalue weighted by molar-refractivity contribution is -0.138. The fourth-order valence-corrected chi connectivity index (χ4v) is 1.58. The summed E-state index contributed by atoms with van der Waals surface area (Å²) in [4.78, 5) is 13.6. The minimum absolute atomic E-state index is 0.303. The van der Waals surface area contributed by atoms with Gasteiger partial charge in [0.2, 0.25) is 0 Å². The van der Waals surface area contributed by atoms with Crippen molar-refractivity contribution in [3.05, 3.63) is 34.9 Å². The van der Waals surface area contributed by atoms with Gasteiger partial charge in [-0.15, -0.1) is 0 Å². The average Bonchev–Trinajstić information content (AvgIpc) is 2.27. The Balaban J connectivity index is 2.91. The fraction of sp³-hybridized carbons (Fsp3) is 0.462. The van der Waals surface area contributed by atoms with Crippen LogP contribution in [0.25, 0.3) is 0 Å². The molecule has 0 unspecified atom stereocenters. The normalized spacial score (nSPS) is 11.7. The standard InChI is InChI=1S/C13H17F3N2O/c1-9-4-5-10(11(8-9)13(14,15)16)12(19)17-6-7-18(2)3/h4-5,8H,6-7H2,1-3H3,(H,17,19). The van der Waals surface area contributed by atoms with Crippen LogP contribution in [0.15, 0.2) is 18.2 Å². The molecule has 0 aliphatic rings. The number of nitrogens with zero attached hydrogens (tertiary/aromatic N) is 1. The predicted octanol–water partition coefficient (Wildman–Crippen LogP) is 2.31. The summed E-state index contributed by atoms with van der Waals surface area (Å²) >= 11 is 0. The third-order valence-electron chi connectivity index (χ3n) is 2.57. The SMILES string of the molecule is Cc1ccc(C(=O)NCCN(C)C)c(C(F)(F)F)c1. The Morgan fingerprint density at radius 3 is 2.47 bits per heavy atom. The van der Waals surface area contributed by atoms with Crippen molar-refractivity contribution in [2.24, 2.45) is 0 Å². The number of aryl methyl sites for hydroxylation is 1. The molecular weight excluding hydrogens is 257 g/mol. The van der Waals surface area contributed by atoms with Gasteiger partial charge in [0.05, 0.1) is 11.1 Å². The van der Waals surface area contributed by atoms with Gasteiger partial charge in [0.15, 0.2) is 0 Å². The molecule has 0 spiro atoms. The average molecular weight is 274 g/mol. The van der Waals surface area contributed by atoms with Crippen molar-refractivity contribution in [2.45, 2.75) is 13.1 Å². The summed E-state index contributed by atoms with van der Waals surface area (Å²) in [5.41, 5.74) is -0.760. The summed E-state index contributed by atoms with van der Waals surface area (Å²) in [7, 11) is 3.64. The van der Waals surface area contributed by atoms with Crippen LogP contribution in [0.4, 0.5) is 13.2 Å². The number of carbonyl (C=O) groups is 1. The van der Waals surface area contributed by atoms with Gasteiger partial charge in [-0.25, -0.2) is 0 Å². The third kappa shape index (κ3) is 4.55. The number of carbonyl (C=O) groups excluding carboxylic acids is 1. The van der Waals surface area contributed by atoms with E-state index in [2.05, 4.69) is 5.32 Å². The Kier molecular flexibility index (Phi) is 4.94. The van der Waals surface area contributed by atoms with E-state index in [0.29, 0.717) is 18.7 Å². The number of hydrogen-bond acceptors (Lipinski definition) is 2. The van der Waals surface area contributed by atoms with E-state index >= 15 is 0 Å². The van der Waals surface area contributed by atoms with Gasteiger partial charge >= 0.3 is 6.18 Å². The van der Waals surface area contributed by atoms with E-state index in [9.17, 15) is 18.0 Å². The Morgan fingerprint density at radius 1 is 1.32 bits per heavy atom. The molecule has 0 saturated heterocycles. The van der Waals surface area contributed by atoms with E-state index in [1.54, 1.807) is 6.92 Å². The lowest BCUT2D eigenvalue weighted by Gasteiger charge is -2.15. The van der Waals surface area contributed by atoms with Crippen molar-refractivity contribution in [1.29, 1.82) is 0 Å². The van der Waals surface area contributed by atoms with E-state index in [0.717, 1.165) is 6.07 Å². The molecule has 3 nitrogen and oxygen atoms in total. The summed E-state index contributed by atoms with van der Waals surface area (Å²) in [5, 5.41) is 2.48. The van der Waals surface area contributed by atoms with Gasteiger partial charge in [0.25, 0.3) is 5.91 Å². The van der Waals surface area contributed by atoms with Crippen molar-refractivity contribution in [3.8, 4) is 0 Å². The zero-order valence-corrected chi connectivity index (χ0v) is 11.1. The smallest absolute Gasteiger partial charge is 0.351 e. The Bertz CT molecular complexity index is 456. The molecule has 106 valence electrons. The molecule has 19 heavy (non-hydrogen) atoms. The highest BCUT2D eigenvalue weighted by Gasteiger charge is 2.35. The maximum absolute atomic E-state index is 12.9. The Hall–Kier alpha value is -1.56. The molecule has 0 saturated carbocycles. The second-order valence-corrected chi connectivity index (χ2v) is 4.61. The van der Waals surface area contributed by atoms with Crippen LogP contribution in [0, 0.1) is 6.92 Å². The van der Waals surface area contributed by atoms with Crippen molar-refractivity contribution in [2.75, 3.05) is 27.2 Å². The monoisotopic (exact) mass is 274 g/mol. The summed E-state index contributed by atoms with van der Waals surface area (Å²) in [6.07, 6.45) is -4.53. The predicted molar refractivity (Wildman–Crippen MR) is 67.1 cm³/mol. The number of rotatable bonds is 4. The van der Waals surface area contributed by atoms with E-state index < -0.39 is 17.6 Å². The number of alkyl halides is 3. The molecule has 1 amide bonds. The maximum Gasteiger partial charge on any atom is 0.417 e.